The summed E-state index contributed by atoms with van der Waals surface area (Å²) in [5.74, 6) is -0.385. The zero-order chi connectivity index (χ0) is 15.6. The fraction of sp³-hybridized carbons (Fsp3) is 0.667. The van der Waals surface area contributed by atoms with Gasteiger partial charge in [0, 0.05) is 6.54 Å². The predicted octanol–water partition coefficient (Wildman–Crippen LogP) is 2.26. The fourth-order valence-electron chi connectivity index (χ4n) is 2.96. The molecule has 0 saturated carbocycles. The Hall–Kier alpha value is -1.85. The molecular formula is C15H22N2O4. The van der Waals surface area contributed by atoms with Gasteiger partial charge >= 0.3 is 5.97 Å². The second-order valence-corrected chi connectivity index (χ2v) is 5.57. The molecule has 0 aliphatic carbocycles. The molecule has 6 nitrogen and oxygen atoms in total. The Morgan fingerprint density at radius 3 is 2.71 bits per heavy atom. The summed E-state index contributed by atoms with van der Waals surface area (Å²) in [5, 5.41) is 13.3. The second-order valence-electron chi connectivity index (χ2n) is 5.57. The summed E-state index contributed by atoms with van der Waals surface area (Å²) in [7, 11) is 0. The van der Waals surface area contributed by atoms with E-state index < -0.39 is 12.0 Å². The van der Waals surface area contributed by atoms with Crippen molar-refractivity contribution < 1.29 is 19.2 Å². The smallest absolute Gasteiger partial charge is 0.326 e. The number of hydrogen-bond acceptors (Lipinski definition) is 4. The van der Waals surface area contributed by atoms with E-state index in [1.165, 1.54) is 4.90 Å². The lowest BCUT2D eigenvalue weighted by atomic mass is 9.88. The van der Waals surface area contributed by atoms with Crippen LogP contribution in [0, 0.1) is 12.8 Å². The molecule has 0 bridgehead atoms. The minimum atomic E-state index is -0.936. The molecule has 1 aliphatic heterocycles. The highest BCUT2D eigenvalue weighted by atomic mass is 16.5. The largest absolute Gasteiger partial charge is 0.480 e. The Bertz CT molecular complexity index is 538. The number of aliphatic carboxylic acids is 1. The van der Waals surface area contributed by atoms with Crippen molar-refractivity contribution in [2.75, 3.05) is 6.54 Å². The second kappa shape index (κ2) is 6.28. The summed E-state index contributed by atoms with van der Waals surface area (Å²) in [6, 6.07) is -0.754. The summed E-state index contributed by atoms with van der Waals surface area (Å²) < 4.78 is 5.09. The number of amides is 1. The van der Waals surface area contributed by atoms with Crippen LogP contribution in [0.5, 0.6) is 0 Å². The van der Waals surface area contributed by atoms with Crippen LogP contribution in [0.4, 0.5) is 0 Å². The van der Waals surface area contributed by atoms with Crippen LogP contribution in [0.1, 0.15) is 54.9 Å². The number of carboxylic acid groups (broad SMARTS) is 1. The lowest BCUT2D eigenvalue weighted by Crippen LogP contribution is -2.50. The van der Waals surface area contributed by atoms with Gasteiger partial charge in [-0.05, 0) is 32.1 Å². The zero-order valence-electron chi connectivity index (χ0n) is 12.8. The fourth-order valence-corrected chi connectivity index (χ4v) is 2.96. The van der Waals surface area contributed by atoms with Gasteiger partial charge in [-0.15, -0.1) is 0 Å². The molecule has 1 amide bonds. The van der Waals surface area contributed by atoms with Gasteiger partial charge in [-0.3, -0.25) is 4.79 Å². The molecule has 6 heteroatoms. The molecule has 0 radical (unpaired) electrons. The first-order valence-electron chi connectivity index (χ1n) is 7.48. The predicted molar refractivity (Wildman–Crippen MR) is 76.1 cm³/mol. The number of piperidine rings is 1. The molecular weight excluding hydrogens is 272 g/mol. The lowest BCUT2D eigenvalue weighted by molar-refractivity contribution is -0.144. The Labute approximate surface area is 124 Å². The summed E-state index contributed by atoms with van der Waals surface area (Å²) in [6.07, 6.45) is 2.89. The van der Waals surface area contributed by atoms with E-state index >= 15 is 0 Å². The van der Waals surface area contributed by atoms with Gasteiger partial charge in [0.2, 0.25) is 0 Å². The molecule has 2 unspecified atom stereocenters. The molecule has 2 rings (SSSR count). The van der Waals surface area contributed by atoms with Crippen molar-refractivity contribution in [2.24, 2.45) is 5.92 Å². The van der Waals surface area contributed by atoms with Crippen molar-refractivity contribution in [2.45, 2.75) is 52.5 Å². The zero-order valence-corrected chi connectivity index (χ0v) is 12.8. The van der Waals surface area contributed by atoms with E-state index in [0.717, 1.165) is 12.8 Å². The van der Waals surface area contributed by atoms with Crippen molar-refractivity contribution in [1.82, 2.24) is 10.1 Å². The summed E-state index contributed by atoms with van der Waals surface area (Å²) >= 11 is 0. The number of carbonyl (C=O) groups excluding carboxylic acids is 1. The molecule has 1 fully saturated rings. The average molecular weight is 294 g/mol. The van der Waals surface area contributed by atoms with Crippen LogP contribution in [0.3, 0.4) is 0 Å². The Balaban J connectivity index is 2.28. The number of carboxylic acids is 1. The molecule has 1 N–H and O–H groups in total. The van der Waals surface area contributed by atoms with Gasteiger partial charge < -0.3 is 14.5 Å². The summed E-state index contributed by atoms with van der Waals surface area (Å²) in [4.78, 5) is 25.7. The molecule has 21 heavy (non-hydrogen) atoms. The highest BCUT2D eigenvalue weighted by Crippen LogP contribution is 2.28. The third kappa shape index (κ3) is 2.94. The molecule has 1 aliphatic rings. The molecule has 0 aromatic carbocycles. The lowest BCUT2D eigenvalue weighted by Gasteiger charge is -2.36. The van der Waals surface area contributed by atoms with Gasteiger partial charge in [-0.2, -0.15) is 0 Å². The van der Waals surface area contributed by atoms with Crippen molar-refractivity contribution in [3.8, 4) is 0 Å². The van der Waals surface area contributed by atoms with E-state index in [9.17, 15) is 14.7 Å². The first kappa shape index (κ1) is 15.5. The third-order valence-electron chi connectivity index (χ3n) is 4.32. The van der Waals surface area contributed by atoms with Crippen LogP contribution < -0.4 is 0 Å². The number of aromatic nitrogens is 1. The van der Waals surface area contributed by atoms with Crippen LogP contribution >= 0.6 is 0 Å². The number of hydrogen-bond donors (Lipinski definition) is 1. The highest BCUT2D eigenvalue weighted by molar-refractivity contribution is 5.98. The van der Waals surface area contributed by atoms with Gasteiger partial charge in [-0.1, -0.05) is 25.4 Å². The van der Waals surface area contributed by atoms with Crippen molar-refractivity contribution in [1.29, 1.82) is 0 Å². The Kier molecular flexibility index (Phi) is 4.65. The third-order valence-corrected chi connectivity index (χ3v) is 4.32. The quantitative estimate of drug-likeness (QED) is 0.920. The van der Waals surface area contributed by atoms with Crippen LogP contribution in [0.2, 0.25) is 0 Å². The Morgan fingerprint density at radius 1 is 1.43 bits per heavy atom. The molecule has 2 heterocycles. The van der Waals surface area contributed by atoms with E-state index in [2.05, 4.69) is 12.1 Å². The standard InChI is InChI=1S/C15H22N2O4/c1-4-10-6-7-17(12(8-10)15(19)20)14(18)13-9(3)21-16-11(13)5-2/h10,12H,4-8H2,1-3H3,(H,19,20). The SMILES string of the molecule is CCc1noc(C)c1C(=O)N1CCC(CC)CC1C(=O)O. The molecule has 2 atom stereocenters. The van der Waals surface area contributed by atoms with Crippen molar-refractivity contribution in [3.63, 3.8) is 0 Å². The number of nitrogens with zero attached hydrogens (tertiary/aromatic N) is 2. The molecule has 116 valence electrons. The number of aryl methyl sites for hydroxylation is 2. The first-order chi connectivity index (χ1) is 9.99. The minimum Gasteiger partial charge on any atom is -0.480 e. The minimum absolute atomic E-state index is 0.271. The first-order valence-corrected chi connectivity index (χ1v) is 7.48. The van der Waals surface area contributed by atoms with Crippen LogP contribution in [0.25, 0.3) is 0 Å². The molecule has 1 saturated heterocycles. The maximum atomic E-state index is 12.7. The van der Waals surface area contributed by atoms with E-state index in [1.807, 2.05) is 6.92 Å². The van der Waals surface area contributed by atoms with Gasteiger partial charge in [-0.25, -0.2) is 4.79 Å². The van der Waals surface area contributed by atoms with Crippen molar-refractivity contribution >= 4 is 11.9 Å². The van der Waals surface area contributed by atoms with Crippen LogP contribution in [0.15, 0.2) is 4.52 Å². The van der Waals surface area contributed by atoms with E-state index in [0.29, 0.717) is 42.3 Å². The van der Waals surface area contributed by atoms with Crippen LogP contribution in [-0.4, -0.2) is 39.6 Å². The maximum absolute atomic E-state index is 12.7. The summed E-state index contributed by atoms with van der Waals surface area (Å²) in [6.45, 7) is 6.11. The van der Waals surface area contributed by atoms with E-state index in [1.54, 1.807) is 6.92 Å². The highest BCUT2D eigenvalue weighted by Gasteiger charge is 2.37. The Morgan fingerprint density at radius 2 is 2.14 bits per heavy atom. The molecule has 1 aromatic heterocycles. The topological polar surface area (TPSA) is 83.6 Å². The van der Waals surface area contributed by atoms with Gasteiger partial charge in [0.25, 0.3) is 5.91 Å². The van der Waals surface area contributed by atoms with Gasteiger partial charge in [0.05, 0.1) is 5.69 Å². The normalized spacial score (nSPS) is 22.3. The van der Waals surface area contributed by atoms with Gasteiger partial charge in [0.1, 0.15) is 17.4 Å². The monoisotopic (exact) mass is 294 g/mol. The summed E-state index contributed by atoms with van der Waals surface area (Å²) in [5.41, 5.74) is 1.03. The van der Waals surface area contributed by atoms with Crippen LogP contribution in [-0.2, 0) is 11.2 Å². The van der Waals surface area contributed by atoms with Gasteiger partial charge in [0.15, 0.2) is 0 Å². The van der Waals surface area contributed by atoms with Crippen molar-refractivity contribution in [3.05, 3.63) is 17.0 Å². The maximum Gasteiger partial charge on any atom is 0.326 e. The molecule has 1 aromatic rings. The molecule has 0 spiro atoms. The van der Waals surface area contributed by atoms with E-state index in [-0.39, 0.29) is 5.91 Å². The number of rotatable bonds is 4. The van der Waals surface area contributed by atoms with E-state index in [4.69, 9.17) is 4.52 Å². The number of carbonyl (C=O) groups is 2. The average Bonchev–Trinajstić information content (AvgIpc) is 2.86. The number of likely N-dealkylation sites (tertiary alicyclic amines) is 1.